The van der Waals surface area contributed by atoms with Crippen molar-refractivity contribution in [3.05, 3.63) is 48.0 Å². The van der Waals surface area contributed by atoms with Crippen molar-refractivity contribution in [1.82, 2.24) is 4.90 Å². The van der Waals surface area contributed by atoms with Crippen LogP contribution in [0.5, 0.6) is 0 Å². The van der Waals surface area contributed by atoms with Crippen LogP contribution in [0.1, 0.15) is 10.9 Å². The molecule has 0 spiro atoms. The number of rotatable bonds is 2. The molecule has 3 rings (SSSR count). The number of carbonyl (C=O) groups excluding carboxylic acids is 1. The van der Waals surface area contributed by atoms with Gasteiger partial charge in [-0.15, -0.1) is 11.6 Å². The smallest absolute Gasteiger partial charge is 0.245 e. The first-order valence-electron chi connectivity index (χ1n) is 6.75. The lowest BCUT2D eigenvalue weighted by Crippen LogP contribution is -2.42. The average molecular weight is 290 g/mol. The summed E-state index contributed by atoms with van der Waals surface area (Å²) in [7, 11) is 0. The largest absolute Gasteiger partial charge is 0.378 e. The summed E-state index contributed by atoms with van der Waals surface area (Å²) >= 11 is 6.36. The van der Waals surface area contributed by atoms with E-state index in [0.717, 1.165) is 16.3 Å². The van der Waals surface area contributed by atoms with Crippen molar-refractivity contribution >= 4 is 28.3 Å². The van der Waals surface area contributed by atoms with Gasteiger partial charge in [-0.05, 0) is 22.4 Å². The molecule has 2 aromatic carbocycles. The molecule has 1 unspecified atom stereocenters. The van der Waals surface area contributed by atoms with Crippen LogP contribution in [-0.4, -0.2) is 37.1 Å². The second-order valence-electron chi connectivity index (χ2n) is 4.91. The highest BCUT2D eigenvalue weighted by Gasteiger charge is 2.25. The molecule has 0 bridgehead atoms. The van der Waals surface area contributed by atoms with Crippen molar-refractivity contribution in [2.24, 2.45) is 0 Å². The molecular formula is C16H16ClNO2. The van der Waals surface area contributed by atoms with E-state index in [1.165, 1.54) is 0 Å². The fourth-order valence-corrected chi connectivity index (χ4v) is 2.73. The zero-order valence-electron chi connectivity index (χ0n) is 11.1. The summed E-state index contributed by atoms with van der Waals surface area (Å²) in [5, 5.41) is 1.63. The number of hydrogen-bond acceptors (Lipinski definition) is 2. The Hall–Kier alpha value is -1.58. The molecule has 1 fully saturated rings. The quantitative estimate of drug-likeness (QED) is 0.796. The van der Waals surface area contributed by atoms with Crippen molar-refractivity contribution in [2.75, 3.05) is 26.3 Å². The van der Waals surface area contributed by atoms with Crippen LogP contribution >= 0.6 is 11.6 Å². The number of alkyl halides is 1. The summed E-state index contributed by atoms with van der Waals surface area (Å²) < 4.78 is 5.26. The Labute approximate surface area is 123 Å². The Bertz CT molecular complexity index is 623. The fourth-order valence-electron chi connectivity index (χ4n) is 2.45. The van der Waals surface area contributed by atoms with Gasteiger partial charge in [-0.1, -0.05) is 36.4 Å². The van der Waals surface area contributed by atoms with Gasteiger partial charge in [-0.25, -0.2) is 0 Å². The molecule has 1 aliphatic heterocycles. The number of morpholine rings is 1. The third-order valence-corrected chi connectivity index (χ3v) is 4.04. The molecule has 3 nitrogen and oxygen atoms in total. The van der Waals surface area contributed by atoms with Crippen LogP contribution in [-0.2, 0) is 9.53 Å². The normalized spacial score (nSPS) is 17.1. The first kappa shape index (κ1) is 13.4. The van der Waals surface area contributed by atoms with Gasteiger partial charge in [0.25, 0.3) is 0 Å². The lowest BCUT2D eigenvalue weighted by atomic mass is 10.0. The monoisotopic (exact) mass is 289 g/mol. The van der Waals surface area contributed by atoms with E-state index >= 15 is 0 Å². The Morgan fingerprint density at radius 3 is 2.55 bits per heavy atom. The highest BCUT2D eigenvalue weighted by atomic mass is 35.5. The molecule has 0 N–H and O–H groups in total. The van der Waals surface area contributed by atoms with Crippen molar-refractivity contribution < 1.29 is 9.53 Å². The summed E-state index contributed by atoms with van der Waals surface area (Å²) in [6.07, 6.45) is 0. The number of nitrogens with zero attached hydrogens (tertiary/aromatic N) is 1. The maximum atomic E-state index is 12.4. The third-order valence-electron chi connectivity index (χ3n) is 3.61. The summed E-state index contributed by atoms with van der Waals surface area (Å²) in [6.45, 7) is 2.42. The molecule has 0 aromatic heterocycles. The molecule has 104 valence electrons. The van der Waals surface area contributed by atoms with Crippen molar-refractivity contribution in [1.29, 1.82) is 0 Å². The summed E-state index contributed by atoms with van der Waals surface area (Å²) in [5.41, 5.74) is 0.849. The molecule has 4 heteroatoms. The van der Waals surface area contributed by atoms with Crippen LogP contribution in [0.4, 0.5) is 0 Å². The summed E-state index contributed by atoms with van der Waals surface area (Å²) in [6, 6.07) is 14.0. The second-order valence-corrected chi connectivity index (χ2v) is 5.34. The van der Waals surface area contributed by atoms with Crippen LogP contribution in [0, 0.1) is 0 Å². The molecule has 1 aliphatic rings. The van der Waals surface area contributed by atoms with Gasteiger partial charge >= 0.3 is 0 Å². The standard InChI is InChI=1S/C16H16ClNO2/c17-15(16(19)18-7-9-20-10-8-18)14-6-5-12-3-1-2-4-13(12)11-14/h1-6,11,15H,7-10H2. The second kappa shape index (κ2) is 5.81. The van der Waals surface area contributed by atoms with Crippen LogP contribution in [0.15, 0.2) is 42.5 Å². The first-order chi connectivity index (χ1) is 9.75. The Kier molecular flexibility index (Phi) is 3.90. The molecule has 1 heterocycles. The molecule has 2 aromatic rings. The maximum absolute atomic E-state index is 12.4. The van der Waals surface area contributed by atoms with E-state index < -0.39 is 5.38 Å². The van der Waals surface area contributed by atoms with Gasteiger partial charge in [0, 0.05) is 13.1 Å². The Balaban J connectivity index is 1.83. The minimum atomic E-state index is -0.627. The van der Waals surface area contributed by atoms with E-state index in [-0.39, 0.29) is 5.91 Å². The van der Waals surface area contributed by atoms with Gasteiger partial charge in [0.1, 0.15) is 5.38 Å². The predicted octanol–water partition coefficient (Wildman–Crippen LogP) is 2.98. The van der Waals surface area contributed by atoms with Crippen molar-refractivity contribution in [3.63, 3.8) is 0 Å². The van der Waals surface area contributed by atoms with Gasteiger partial charge in [0.05, 0.1) is 13.2 Å². The van der Waals surface area contributed by atoms with E-state index in [4.69, 9.17) is 16.3 Å². The third kappa shape index (κ3) is 2.65. The predicted molar refractivity (Wildman–Crippen MR) is 79.9 cm³/mol. The van der Waals surface area contributed by atoms with Crippen LogP contribution < -0.4 is 0 Å². The number of carbonyl (C=O) groups is 1. The molecule has 1 amide bonds. The number of amides is 1. The number of halogens is 1. The minimum absolute atomic E-state index is 0.0368. The number of hydrogen-bond donors (Lipinski definition) is 0. The van der Waals surface area contributed by atoms with Gasteiger partial charge in [-0.2, -0.15) is 0 Å². The lowest BCUT2D eigenvalue weighted by molar-refractivity contribution is -0.134. The van der Waals surface area contributed by atoms with Gasteiger partial charge in [0.2, 0.25) is 5.91 Å². The van der Waals surface area contributed by atoms with E-state index in [9.17, 15) is 4.79 Å². The van der Waals surface area contributed by atoms with Gasteiger partial charge < -0.3 is 9.64 Å². The molecule has 1 saturated heterocycles. The molecule has 0 radical (unpaired) electrons. The molecular weight excluding hydrogens is 274 g/mol. The lowest BCUT2D eigenvalue weighted by Gasteiger charge is -2.28. The van der Waals surface area contributed by atoms with E-state index in [1.54, 1.807) is 4.90 Å². The Morgan fingerprint density at radius 1 is 1.10 bits per heavy atom. The average Bonchev–Trinajstić information content (AvgIpc) is 2.54. The van der Waals surface area contributed by atoms with E-state index in [0.29, 0.717) is 26.3 Å². The van der Waals surface area contributed by atoms with Crippen LogP contribution in [0.3, 0.4) is 0 Å². The summed E-state index contributed by atoms with van der Waals surface area (Å²) in [5.74, 6) is -0.0368. The maximum Gasteiger partial charge on any atom is 0.245 e. The molecule has 20 heavy (non-hydrogen) atoms. The minimum Gasteiger partial charge on any atom is -0.378 e. The summed E-state index contributed by atoms with van der Waals surface area (Å²) in [4.78, 5) is 14.1. The fraction of sp³-hybridized carbons (Fsp3) is 0.312. The zero-order valence-corrected chi connectivity index (χ0v) is 11.8. The highest BCUT2D eigenvalue weighted by Crippen LogP contribution is 2.26. The Morgan fingerprint density at radius 2 is 1.80 bits per heavy atom. The van der Waals surface area contributed by atoms with E-state index in [1.807, 2.05) is 42.5 Å². The van der Waals surface area contributed by atoms with E-state index in [2.05, 4.69) is 0 Å². The number of benzene rings is 2. The topological polar surface area (TPSA) is 29.5 Å². The zero-order chi connectivity index (χ0) is 13.9. The van der Waals surface area contributed by atoms with Gasteiger partial charge in [0.15, 0.2) is 0 Å². The number of fused-ring (bicyclic) bond motifs is 1. The number of ether oxygens (including phenoxy) is 1. The SMILES string of the molecule is O=C(C(Cl)c1ccc2ccccc2c1)N1CCOCC1. The van der Waals surface area contributed by atoms with Crippen molar-refractivity contribution in [2.45, 2.75) is 5.38 Å². The molecule has 0 aliphatic carbocycles. The van der Waals surface area contributed by atoms with Gasteiger partial charge in [-0.3, -0.25) is 4.79 Å². The molecule has 0 saturated carbocycles. The van der Waals surface area contributed by atoms with Crippen LogP contribution in [0.2, 0.25) is 0 Å². The van der Waals surface area contributed by atoms with Crippen molar-refractivity contribution in [3.8, 4) is 0 Å². The molecule has 1 atom stereocenters. The van der Waals surface area contributed by atoms with Crippen LogP contribution in [0.25, 0.3) is 10.8 Å². The highest BCUT2D eigenvalue weighted by molar-refractivity contribution is 6.30. The first-order valence-corrected chi connectivity index (χ1v) is 7.18.